The summed E-state index contributed by atoms with van der Waals surface area (Å²) in [6.45, 7) is 6.98. The summed E-state index contributed by atoms with van der Waals surface area (Å²) in [5.74, 6) is 1.000. The Morgan fingerprint density at radius 1 is 1.23 bits per heavy atom. The number of guanidine groups is 1. The first-order valence-corrected chi connectivity index (χ1v) is 11.2. The van der Waals surface area contributed by atoms with Gasteiger partial charge in [0.25, 0.3) is 5.91 Å². The summed E-state index contributed by atoms with van der Waals surface area (Å²) >= 11 is 5.96. The van der Waals surface area contributed by atoms with Crippen molar-refractivity contribution >= 4 is 23.5 Å². The van der Waals surface area contributed by atoms with Gasteiger partial charge in [-0.05, 0) is 44.0 Å². The predicted octanol–water partition coefficient (Wildman–Crippen LogP) is 2.31. The van der Waals surface area contributed by atoms with Crippen LogP contribution in [0.4, 0.5) is 0 Å². The van der Waals surface area contributed by atoms with Crippen LogP contribution in [0.1, 0.15) is 25.3 Å². The molecule has 2 aromatic rings. The Balaban J connectivity index is 1.35. The average Bonchev–Trinajstić information content (AvgIpc) is 3.49. The van der Waals surface area contributed by atoms with Crippen LogP contribution in [0.25, 0.3) is 5.69 Å². The number of piperazine rings is 1. The minimum atomic E-state index is -0.245. The summed E-state index contributed by atoms with van der Waals surface area (Å²) in [5.41, 5.74) is 1.98. The lowest BCUT2D eigenvalue weighted by atomic mass is 10.2. The monoisotopic (exact) mass is 444 g/mol. The normalized spacial score (nSPS) is 19.7. The number of nitrogens with zero attached hydrogens (tertiary/aromatic N) is 5. The number of hydrogen-bond acceptors (Lipinski definition) is 4. The first-order chi connectivity index (χ1) is 15.1. The van der Waals surface area contributed by atoms with Crippen molar-refractivity contribution in [1.29, 1.82) is 0 Å². The van der Waals surface area contributed by atoms with Crippen LogP contribution in [-0.4, -0.2) is 76.9 Å². The van der Waals surface area contributed by atoms with Gasteiger partial charge in [-0.3, -0.25) is 4.79 Å². The van der Waals surface area contributed by atoms with E-state index in [4.69, 9.17) is 21.3 Å². The van der Waals surface area contributed by atoms with Crippen LogP contribution in [0.15, 0.2) is 41.7 Å². The molecule has 2 fully saturated rings. The van der Waals surface area contributed by atoms with Gasteiger partial charge >= 0.3 is 0 Å². The van der Waals surface area contributed by atoms with Gasteiger partial charge < -0.3 is 19.9 Å². The molecular formula is C22H29ClN6O2. The standard InChI is InChI=1S/C22H29ClN6O2/c1-2-24-22(28-11-9-27(10-12-28)21(30)20-4-3-13-31-20)25-14-17-15-26-29(16-17)19-7-5-18(23)6-8-19/h5-8,15-16,20H,2-4,9-14H2,1H3,(H,24,25). The van der Waals surface area contributed by atoms with Gasteiger partial charge in [0.05, 0.1) is 18.4 Å². The van der Waals surface area contributed by atoms with E-state index >= 15 is 0 Å². The van der Waals surface area contributed by atoms with E-state index in [2.05, 4.69) is 22.2 Å². The Bertz CT molecular complexity index is 899. The summed E-state index contributed by atoms with van der Waals surface area (Å²) in [4.78, 5) is 21.5. The fourth-order valence-corrected chi connectivity index (χ4v) is 4.01. The fraction of sp³-hybridized carbons (Fsp3) is 0.500. The topological polar surface area (TPSA) is 75.0 Å². The minimum absolute atomic E-state index is 0.133. The number of ether oxygens (including phenoxy) is 1. The Morgan fingerprint density at radius 3 is 2.65 bits per heavy atom. The molecule has 2 saturated heterocycles. The molecule has 1 N–H and O–H groups in total. The van der Waals surface area contributed by atoms with Crippen LogP contribution < -0.4 is 5.32 Å². The lowest BCUT2D eigenvalue weighted by Gasteiger charge is -2.37. The third kappa shape index (κ3) is 5.37. The highest BCUT2D eigenvalue weighted by Crippen LogP contribution is 2.17. The molecule has 3 heterocycles. The van der Waals surface area contributed by atoms with Gasteiger partial charge in [-0.2, -0.15) is 5.10 Å². The summed E-state index contributed by atoms with van der Waals surface area (Å²) in [7, 11) is 0. The zero-order valence-corrected chi connectivity index (χ0v) is 18.6. The van der Waals surface area contributed by atoms with E-state index in [1.165, 1.54) is 0 Å². The summed E-state index contributed by atoms with van der Waals surface area (Å²) in [5, 5.41) is 8.51. The number of benzene rings is 1. The molecule has 8 nitrogen and oxygen atoms in total. The highest BCUT2D eigenvalue weighted by atomic mass is 35.5. The van der Waals surface area contributed by atoms with E-state index < -0.39 is 0 Å². The van der Waals surface area contributed by atoms with E-state index in [0.717, 1.165) is 49.7 Å². The lowest BCUT2D eigenvalue weighted by molar-refractivity contribution is -0.142. The summed E-state index contributed by atoms with van der Waals surface area (Å²) in [6.07, 6.45) is 5.38. The van der Waals surface area contributed by atoms with E-state index in [0.29, 0.717) is 31.3 Å². The van der Waals surface area contributed by atoms with E-state index in [1.807, 2.05) is 46.2 Å². The van der Waals surface area contributed by atoms with Crippen LogP contribution in [0.3, 0.4) is 0 Å². The van der Waals surface area contributed by atoms with Crippen LogP contribution in [0, 0.1) is 0 Å². The minimum Gasteiger partial charge on any atom is -0.368 e. The maximum Gasteiger partial charge on any atom is 0.251 e. The molecule has 0 radical (unpaired) electrons. The molecule has 1 aromatic carbocycles. The number of halogens is 1. The number of rotatable bonds is 5. The van der Waals surface area contributed by atoms with Crippen molar-refractivity contribution < 1.29 is 9.53 Å². The van der Waals surface area contributed by atoms with Gasteiger partial charge in [0, 0.05) is 56.1 Å². The van der Waals surface area contributed by atoms with Gasteiger partial charge in [-0.15, -0.1) is 0 Å². The fourth-order valence-electron chi connectivity index (χ4n) is 3.88. The molecule has 31 heavy (non-hydrogen) atoms. The molecule has 166 valence electrons. The first-order valence-electron chi connectivity index (χ1n) is 10.9. The van der Waals surface area contributed by atoms with Gasteiger partial charge in [-0.1, -0.05) is 11.6 Å². The largest absolute Gasteiger partial charge is 0.368 e. The lowest BCUT2D eigenvalue weighted by Crippen LogP contribution is -2.55. The number of aliphatic imine (C=N–C) groups is 1. The van der Waals surface area contributed by atoms with Crippen molar-refractivity contribution in [2.24, 2.45) is 4.99 Å². The second-order valence-corrected chi connectivity index (χ2v) is 8.19. The highest BCUT2D eigenvalue weighted by molar-refractivity contribution is 6.30. The maximum absolute atomic E-state index is 12.6. The van der Waals surface area contributed by atoms with Crippen molar-refractivity contribution in [2.45, 2.75) is 32.4 Å². The van der Waals surface area contributed by atoms with Crippen LogP contribution in [-0.2, 0) is 16.1 Å². The second kappa shape index (κ2) is 10.2. The molecule has 2 aliphatic rings. The predicted molar refractivity (Wildman–Crippen MR) is 121 cm³/mol. The van der Waals surface area contributed by atoms with Gasteiger partial charge in [-0.25, -0.2) is 9.67 Å². The van der Waals surface area contributed by atoms with Gasteiger partial charge in [0.15, 0.2) is 5.96 Å². The Hall–Kier alpha value is -2.58. The number of aromatic nitrogens is 2. The van der Waals surface area contributed by atoms with Crippen molar-refractivity contribution in [3.8, 4) is 5.69 Å². The number of carbonyl (C=O) groups excluding carboxylic acids is 1. The van der Waals surface area contributed by atoms with Gasteiger partial charge in [0.2, 0.25) is 0 Å². The van der Waals surface area contributed by atoms with Crippen molar-refractivity contribution in [3.63, 3.8) is 0 Å². The van der Waals surface area contributed by atoms with E-state index in [1.54, 1.807) is 0 Å². The molecule has 0 bridgehead atoms. The SMILES string of the molecule is CCNC(=NCc1cnn(-c2ccc(Cl)cc2)c1)N1CCN(C(=O)C2CCCO2)CC1. The molecule has 1 amide bonds. The van der Waals surface area contributed by atoms with Crippen LogP contribution in [0.2, 0.25) is 5.02 Å². The quantitative estimate of drug-likeness (QED) is 0.565. The Labute approximate surface area is 187 Å². The highest BCUT2D eigenvalue weighted by Gasteiger charge is 2.30. The third-order valence-electron chi connectivity index (χ3n) is 5.57. The molecule has 2 aliphatic heterocycles. The molecule has 0 saturated carbocycles. The Kier molecular flexibility index (Phi) is 7.09. The van der Waals surface area contributed by atoms with Crippen molar-refractivity contribution in [2.75, 3.05) is 39.3 Å². The molecule has 4 rings (SSSR count). The summed E-state index contributed by atoms with van der Waals surface area (Å²) < 4.78 is 7.38. The molecule has 9 heteroatoms. The van der Waals surface area contributed by atoms with E-state index in [9.17, 15) is 4.79 Å². The Morgan fingerprint density at radius 2 is 1.97 bits per heavy atom. The van der Waals surface area contributed by atoms with Crippen molar-refractivity contribution in [1.82, 2.24) is 24.9 Å². The van der Waals surface area contributed by atoms with Crippen LogP contribution in [0.5, 0.6) is 0 Å². The zero-order chi connectivity index (χ0) is 21.6. The number of carbonyl (C=O) groups is 1. The molecule has 1 atom stereocenters. The molecular weight excluding hydrogens is 416 g/mol. The van der Waals surface area contributed by atoms with E-state index in [-0.39, 0.29) is 12.0 Å². The molecule has 0 aliphatic carbocycles. The maximum atomic E-state index is 12.6. The number of nitrogens with one attached hydrogen (secondary N) is 1. The number of hydrogen-bond donors (Lipinski definition) is 1. The first kappa shape index (κ1) is 21.6. The summed E-state index contributed by atoms with van der Waals surface area (Å²) in [6, 6.07) is 7.57. The zero-order valence-electron chi connectivity index (χ0n) is 17.8. The van der Waals surface area contributed by atoms with Gasteiger partial charge in [0.1, 0.15) is 6.10 Å². The molecule has 1 aromatic heterocycles. The smallest absolute Gasteiger partial charge is 0.251 e. The second-order valence-electron chi connectivity index (χ2n) is 7.75. The molecule has 1 unspecified atom stereocenters. The average molecular weight is 445 g/mol. The molecule has 0 spiro atoms. The van der Waals surface area contributed by atoms with Crippen LogP contribution >= 0.6 is 11.6 Å². The third-order valence-corrected chi connectivity index (χ3v) is 5.82. The van der Waals surface area contributed by atoms with Crippen molar-refractivity contribution in [3.05, 3.63) is 47.2 Å². The number of amides is 1.